The summed E-state index contributed by atoms with van der Waals surface area (Å²) < 4.78 is 0. The lowest BCUT2D eigenvalue weighted by molar-refractivity contribution is 0.0973. The lowest BCUT2D eigenvalue weighted by atomic mass is 9.99. The highest BCUT2D eigenvalue weighted by molar-refractivity contribution is 5.96. The minimum absolute atomic E-state index is 0.0538. The second-order valence-corrected chi connectivity index (χ2v) is 5.84. The molecule has 0 saturated carbocycles. The molecule has 1 rings (SSSR count). The van der Waals surface area contributed by atoms with Crippen molar-refractivity contribution < 1.29 is 9.90 Å². The molecule has 0 saturated heterocycles. The third-order valence-corrected chi connectivity index (χ3v) is 3.82. The van der Waals surface area contributed by atoms with Gasteiger partial charge in [-0.25, -0.2) is 0 Å². The van der Waals surface area contributed by atoms with Gasteiger partial charge in [0.1, 0.15) is 5.75 Å². The normalized spacial score (nSPS) is 12.3. The van der Waals surface area contributed by atoms with Gasteiger partial charge in [0.05, 0.1) is 0 Å². The molecule has 0 aliphatic rings. The summed E-state index contributed by atoms with van der Waals surface area (Å²) in [5, 5.41) is 9.20. The van der Waals surface area contributed by atoms with E-state index in [2.05, 4.69) is 6.92 Å². The summed E-state index contributed by atoms with van der Waals surface area (Å²) in [5.41, 5.74) is 6.66. The highest BCUT2D eigenvalue weighted by Gasteiger charge is 2.11. The van der Waals surface area contributed by atoms with E-state index in [0.29, 0.717) is 12.0 Å². The summed E-state index contributed by atoms with van der Waals surface area (Å²) in [5.74, 6) is 0.240. The summed E-state index contributed by atoms with van der Waals surface area (Å²) in [6.07, 6.45) is 10.2. The van der Waals surface area contributed by atoms with Crippen molar-refractivity contribution in [3.63, 3.8) is 0 Å². The molecule has 0 aliphatic heterocycles. The zero-order chi connectivity index (χ0) is 15.5. The summed E-state index contributed by atoms with van der Waals surface area (Å²) >= 11 is 0. The number of unbranched alkanes of at least 4 members (excludes halogenated alkanes) is 6. The molecule has 3 N–H and O–H groups in total. The number of Topliss-reactive ketones (excluding diaryl/α,β-unsaturated/α-hetero) is 1. The largest absolute Gasteiger partial charge is 0.508 e. The highest BCUT2D eigenvalue weighted by Crippen LogP contribution is 2.14. The van der Waals surface area contributed by atoms with Crippen LogP contribution in [0.5, 0.6) is 5.75 Å². The summed E-state index contributed by atoms with van der Waals surface area (Å²) in [7, 11) is 0. The molecule has 0 spiro atoms. The minimum atomic E-state index is -0.0538. The molecule has 0 fully saturated rings. The number of rotatable bonds is 11. The van der Waals surface area contributed by atoms with Crippen LogP contribution >= 0.6 is 0 Å². The first-order valence-electron chi connectivity index (χ1n) is 8.21. The lowest BCUT2D eigenvalue weighted by Crippen LogP contribution is -2.23. The lowest BCUT2D eigenvalue weighted by Gasteiger charge is -2.10. The molecule has 3 heteroatoms. The average molecular weight is 291 g/mol. The van der Waals surface area contributed by atoms with Crippen LogP contribution in [0.15, 0.2) is 24.3 Å². The molecule has 3 nitrogen and oxygen atoms in total. The first kappa shape index (κ1) is 17.7. The van der Waals surface area contributed by atoms with Gasteiger partial charge in [-0.3, -0.25) is 4.79 Å². The molecular weight excluding hydrogens is 262 g/mol. The molecule has 1 aromatic rings. The smallest absolute Gasteiger partial charge is 0.164 e. The van der Waals surface area contributed by atoms with Gasteiger partial charge in [-0.05, 0) is 30.7 Å². The van der Waals surface area contributed by atoms with Crippen molar-refractivity contribution in [3.8, 4) is 5.75 Å². The molecule has 1 unspecified atom stereocenters. The highest BCUT2D eigenvalue weighted by atomic mass is 16.3. The Morgan fingerprint density at radius 2 is 1.62 bits per heavy atom. The fourth-order valence-corrected chi connectivity index (χ4v) is 2.47. The van der Waals surface area contributed by atoms with Crippen molar-refractivity contribution in [1.29, 1.82) is 0 Å². The van der Waals surface area contributed by atoms with Crippen molar-refractivity contribution in [2.24, 2.45) is 5.73 Å². The monoisotopic (exact) mass is 291 g/mol. The van der Waals surface area contributed by atoms with Gasteiger partial charge < -0.3 is 10.8 Å². The number of hydrogen-bond acceptors (Lipinski definition) is 3. The van der Waals surface area contributed by atoms with Crippen LogP contribution < -0.4 is 5.73 Å². The van der Waals surface area contributed by atoms with Crippen molar-refractivity contribution in [3.05, 3.63) is 29.8 Å². The van der Waals surface area contributed by atoms with Gasteiger partial charge in [-0.2, -0.15) is 0 Å². The van der Waals surface area contributed by atoms with Crippen molar-refractivity contribution in [2.45, 2.75) is 70.8 Å². The van der Waals surface area contributed by atoms with E-state index in [0.717, 1.165) is 12.8 Å². The molecular formula is C18H29NO2. The summed E-state index contributed by atoms with van der Waals surface area (Å²) in [6.45, 7) is 2.23. The Labute approximate surface area is 128 Å². The number of phenols is 1. The zero-order valence-electron chi connectivity index (χ0n) is 13.2. The van der Waals surface area contributed by atoms with Gasteiger partial charge in [-0.1, -0.05) is 51.9 Å². The first-order valence-corrected chi connectivity index (χ1v) is 8.21. The fourth-order valence-electron chi connectivity index (χ4n) is 2.47. The van der Waals surface area contributed by atoms with Crippen molar-refractivity contribution >= 4 is 5.78 Å². The number of nitrogens with two attached hydrogens (primary N) is 1. The predicted molar refractivity (Wildman–Crippen MR) is 87.6 cm³/mol. The van der Waals surface area contributed by atoms with Crippen LogP contribution in [0.2, 0.25) is 0 Å². The van der Waals surface area contributed by atoms with E-state index in [4.69, 9.17) is 5.73 Å². The van der Waals surface area contributed by atoms with Gasteiger partial charge in [-0.15, -0.1) is 0 Å². The van der Waals surface area contributed by atoms with E-state index >= 15 is 0 Å². The van der Waals surface area contributed by atoms with Crippen LogP contribution in [0, 0.1) is 0 Å². The van der Waals surface area contributed by atoms with Crippen molar-refractivity contribution in [2.75, 3.05) is 0 Å². The maximum atomic E-state index is 12.0. The van der Waals surface area contributed by atoms with Crippen LogP contribution in [0.25, 0.3) is 0 Å². The van der Waals surface area contributed by atoms with Crippen LogP contribution in [0.1, 0.15) is 75.1 Å². The molecule has 0 radical (unpaired) electrons. The number of benzene rings is 1. The topological polar surface area (TPSA) is 63.3 Å². The quantitative estimate of drug-likeness (QED) is 0.468. The number of phenolic OH excluding ortho intramolecular Hbond substituents is 1. The van der Waals surface area contributed by atoms with Gasteiger partial charge in [0, 0.05) is 18.0 Å². The van der Waals surface area contributed by atoms with E-state index in [-0.39, 0.29) is 17.6 Å². The fraction of sp³-hybridized carbons (Fsp3) is 0.611. The first-order chi connectivity index (χ1) is 10.1. The number of carbonyl (C=O) groups excluding carboxylic acids is 1. The number of carbonyl (C=O) groups is 1. The zero-order valence-corrected chi connectivity index (χ0v) is 13.2. The van der Waals surface area contributed by atoms with Crippen LogP contribution in [-0.2, 0) is 0 Å². The molecule has 0 amide bonds. The van der Waals surface area contributed by atoms with Crippen LogP contribution in [0.4, 0.5) is 0 Å². The van der Waals surface area contributed by atoms with Gasteiger partial charge >= 0.3 is 0 Å². The Hall–Kier alpha value is -1.35. The molecule has 21 heavy (non-hydrogen) atoms. The van der Waals surface area contributed by atoms with Crippen LogP contribution in [-0.4, -0.2) is 16.9 Å². The Balaban J connectivity index is 2.14. The number of ketones is 1. The van der Waals surface area contributed by atoms with E-state index in [1.54, 1.807) is 12.1 Å². The van der Waals surface area contributed by atoms with E-state index in [1.165, 1.54) is 50.7 Å². The maximum Gasteiger partial charge on any atom is 0.164 e. The van der Waals surface area contributed by atoms with E-state index in [1.807, 2.05) is 0 Å². The Morgan fingerprint density at radius 1 is 1.05 bits per heavy atom. The SMILES string of the molecule is CCCCCCCCCC(N)CC(=O)c1ccc(O)cc1. The molecule has 0 bridgehead atoms. The molecule has 1 atom stereocenters. The Morgan fingerprint density at radius 3 is 2.24 bits per heavy atom. The van der Waals surface area contributed by atoms with Gasteiger partial charge in [0.25, 0.3) is 0 Å². The molecule has 1 aromatic carbocycles. The third-order valence-electron chi connectivity index (χ3n) is 3.82. The van der Waals surface area contributed by atoms with E-state index < -0.39 is 0 Å². The predicted octanol–water partition coefficient (Wildman–Crippen LogP) is 4.43. The van der Waals surface area contributed by atoms with Crippen molar-refractivity contribution in [1.82, 2.24) is 0 Å². The van der Waals surface area contributed by atoms with Gasteiger partial charge in [0.15, 0.2) is 5.78 Å². The molecule has 0 aliphatic carbocycles. The third kappa shape index (κ3) is 7.86. The summed E-state index contributed by atoms with van der Waals surface area (Å²) in [4.78, 5) is 12.0. The number of hydrogen-bond donors (Lipinski definition) is 2. The van der Waals surface area contributed by atoms with E-state index in [9.17, 15) is 9.90 Å². The average Bonchev–Trinajstić information content (AvgIpc) is 2.47. The second kappa shape index (κ2) is 10.4. The Kier molecular flexibility index (Phi) is 8.76. The maximum absolute atomic E-state index is 12.0. The van der Waals surface area contributed by atoms with Crippen LogP contribution in [0.3, 0.4) is 0 Å². The molecule has 0 heterocycles. The number of aromatic hydroxyl groups is 1. The summed E-state index contributed by atoms with van der Waals surface area (Å²) in [6, 6.07) is 6.32. The standard InChI is InChI=1S/C18H29NO2/c1-2-3-4-5-6-7-8-9-16(19)14-18(21)15-10-12-17(20)13-11-15/h10-13,16,20H,2-9,14,19H2,1H3. The minimum Gasteiger partial charge on any atom is -0.508 e. The molecule has 0 aromatic heterocycles. The molecule has 118 valence electrons. The van der Waals surface area contributed by atoms with Gasteiger partial charge in [0.2, 0.25) is 0 Å². The second-order valence-electron chi connectivity index (χ2n) is 5.84. The Bertz CT molecular complexity index is 400.